The zero-order chi connectivity index (χ0) is 26.8. The van der Waals surface area contributed by atoms with Crippen molar-refractivity contribution in [2.45, 2.75) is 45.4 Å². The number of fused-ring (bicyclic) bond motifs is 1. The lowest BCUT2D eigenvalue weighted by molar-refractivity contribution is 0.356. The van der Waals surface area contributed by atoms with E-state index in [1.807, 2.05) is 37.7 Å². The molecule has 0 saturated heterocycles. The number of aryl methyl sites for hydroxylation is 1. The van der Waals surface area contributed by atoms with Gasteiger partial charge >= 0.3 is 0 Å². The molecule has 6 rings (SSSR count). The van der Waals surface area contributed by atoms with Crippen LogP contribution in [-0.2, 0) is 6.42 Å². The van der Waals surface area contributed by atoms with Crippen molar-refractivity contribution in [1.29, 1.82) is 0 Å². The second-order valence-electron chi connectivity index (χ2n) is 10.4. The van der Waals surface area contributed by atoms with Crippen LogP contribution >= 0.6 is 0 Å². The molecule has 0 amide bonds. The molecule has 1 aliphatic rings. The summed E-state index contributed by atoms with van der Waals surface area (Å²) in [7, 11) is 0. The molecule has 6 nitrogen and oxygen atoms in total. The molecule has 4 aromatic heterocycles. The number of halogens is 1. The fraction of sp³-hybridized carbons (Fsp3) is 0.250. The van der Waals surface area contributed by atoms with E-state index in [9.17, 15) is 4.39 Å². The Bertz CT molecular complexity index is 1670. The number of pyridine rings is 2. The zero-order valence-corrected chi connectivity index (χ0v) is 22.0. The lowest BCUT2D eigenvalue weighted by Gasteiger charge is -2.21. The molecule has 0 bridgehead atoms. The predicted octanol–water partition coefficient (Wildman–Crippen LogP) is 7.60. The minimum atomic E-state index is -0.300. The number of aromatic nitrogens is 6. The Morgan fingerprint density at radius 3 is 2.74 bits per heavy atom. The Morgan fingerprint density at radius 1 is 1.08 bits per heavy atom. The maximum absolute atomic E-state index is 14.0. The molecule has 2 N–H and O–H groups in total. The highest BCUT2D eigenvalue weighted by molar-refractivity contribution is 5.92. The van der Waals surface area contributed by atoms with Gasteiger partial charge in [0.05, 0.1) is 11.1 Å². The van der Waals surface area contributed by atoms with Crippen molar-refractivity contribution in [2.24, 2.45) is 5.92 Å². The van der Waals surface area contributed by atoms with E-state index in [2.05, 4.69) is 43.9 Å². The summed E-state index contributed by atoms with van der Waals surface area (Å²) in [6.45, 7) is 5.79. The maximum Gasteiger partial charge on any atom is 0.181 e. The Labute approximate surface area is 227 Å². The number of rotatable bonds is 7. The van der Waals surface area contributed by atoms with Crippen molar-refractivity contribution in [3.63, 3.8) is 0 Å². The largest absolute Gasteiger partial charge is 0.340 e. The van der Waals surface area contributed by atoms with E-state index in [0.717, 1.165) is 57.1 Å². The predicted molar refractivity (Wildman–Crippen MR) is 153 cm³/mol. The van der Waals surface area contributed by atoms with Crippen molar-refractivity contribution < 1.29 is 4.39 Å². The van der Waals surface area contributed by atoms with Crippen LogP contribution in [0.3, 0.4) is 0 Å². The zero-order valence-electron chi connectivity index (χ0n) is 22.0. The van der Waals surface area contributed by atoms with Crippen molar-refractivity contribution in [1.82, 2.24) is 30.1 Å². The molecule has 5 aromatic rings. The molecule has 0 unspecified atom stereocenters. The lowest BCUT2D eigenvalue weighted by atomic mass is 9.85. The molecule has 0 radical (unpaired) electrons. The van der Waals surface area contributed by atoms with Crippen LogP contribution in [-0.4, -0.2) is 30.1 Å². The summed E-state index contributed by atoms with van der Waals surface area (Å²) < 4.78 is 14.0. The van der Waals surface area contributed by atoms with E-state index in [1.165, 1.54) is 49.8 Å². The number of nitrogens with one attached hydrogen (secondary N) is 2. The molecule has 1 aromatic carbocycles. The van der Waals surface area contributed by atoms with Gasteiger partial charge in [0.25, 0.3) is 0 Å². The van der Waals surface area contributed by atoms with Gasteiger partial charge in [-0.2, -0.15) is 5.10 Å². The average Bonchev–Trinajstić information content (AvgIpc) is 3.55. The topological polar surface area (TPSA) is 83.1 Å². The van der Waals surface area contributed by atoms with E-state index in [-0.39, 0.29) is 5.82 Å². The molecule has 7 heteroatoms. The van der Waals surface area contributed by atoms with E-state index >= 15 is 0 Å². The second kappa shape index (κ2) is 10.8. The summed E-state index contributed by atoms with van der Waals surface area (Å²) >= 11 is 0. The lowest BCUT2D eigenvalue weighted by Crippen LogP contribution is -2.09. The number of benzene rings is 1. The number of allylic oxidation sites excluding steroid dienone is 2. The summed E-state index contributed by atoms with van der Waals surface area (Å²) in [6.07, 6.45) is 17.0. The van der Waals surface area contributed by atoms with Crippen LogP contribution in [0, 0.1) is 18.7 Å². The number of hydrogen-bond donors (Lipinski definition) is 2. The van der Waals surface area contributed by atoms with Gasteiger partial charge in [0.2, 0.25) is 0 Å². The quantitative estimate of drug-likeness (QED) is 0.217. The Morgan fingerprint density at radius 2 is 1.92 bits per heavy atom. The minimum absolute atomic E-state index is 0.300. The van der Waals surface area contributed by atoms with Crippen molar-refractivity contribution in [3.8, 4) is 22.6 Å². The third-order valence-electron chi connectivity index (χ3n) is 7.58. The summed E-state index contributed by atoms with van der Waals surface area (Å²) in [6, 6.07) is 10.8. The average molecular weight is 519 g/mol. The standard InChI is InChI=1S/C32H31FN6/c1-3-8-27(23-11-7-12-26(33)15-23)29-20(2)36-32(37-29)30-28-16-25(19-35-31(28)39-38-30)24-14-22(17-34-18-24)13-21-9-5-4-6-10-21/h3,7-8,11-12,14-19,21H,1,4-6,9-10,13H2,2H3,(H,36,37)(H,35,38,39)/b27-8-. The van der Waals surface area contributed by atoms with Gasteiger partial charge in [0.15, 0.2) is 11.5 Å². The summed E-state index contributed by atoms with van der Waals surface area (Å²) in [4.78, 5) is 17.5. The Balaban J connectivity index is 1.35. The van der Waals surface area contributed by atoms with Gasteiger partial charge in [0, 0.05) is 41.0 Å². The third-order valence-corrected chi connectivity index (χ3v) is 7.58. The molecule has 4 heterocycles. The summed E-state index contributed by atoms with van der Waals surface area (Å²) in [5.74, 6) is 1.09. The van der Waals surface area contributed by atoms with Crippen LogP contribution in [0.4, 0.5) is 4.39 Å². The van der Waals surface area contributed by atoms with E-state index in [4.69, 9.17) is 4.98 Å². The van der Waals surface area contributed by atoms with Crippen LogP contribution in [0.5, 0.6) is 0 Å². The van der Waals surface area contributed by atoms with Crippen LogP contribution < -0.4 is 0 Å². The van der Waals surface area contributed by atoms with Crippen molar-refractivity contribution in [3.05, 3.63) is 102 Å². The SMILES string of the molecule is C=C/C=C(/c1cccc(F)c1)c1nc(-c2[nH]nc3ncc(-c4cncc(CC5CCCCC5)c4)cc23)[nH]c1C. The van der Waals surface area contributed by atoms with Crippen LogP contribution in [0.25, 0.3) is 39.3 Å². The molecule has 1 aliphatic carbocycles. The van der Waals surface area contributed by atoms with Gasteiger partial charge in [-0.3, -0.25) is 10.1 Å². The number of imidazole rings is 1. The fourth-order valence-electron chi connectivity index (χ4n) is 5.65. The second-order valence-corrected chi connectivity index (χ2v) is 10.4. The molecule has 196 valence electrons. The molecule has 0 spiro atoms. The molecular weight excluding hydrogens is 487 g/mol. The molecule has 0 aliphatic heterocycles. The van der Waals surface area contributed by atoms with Crippen molar-refractivity contribution in [2.75, 3.05) is 0 Å². The molecule has 1 saturated carbocycles. The van der Waals surface area contributed by atoms with Crippen LogP contribution in [0.15, 0.2) is 73.7 Å². The maximum atomic E-state index is 14.0. The number of H-pyrrole nitrogens is 2. The smallest absolute Gasteiger partial charge is 0.181 e. The molecule has 1 fully saturated rings. The first-order valence-corrected chi connectivity index (χ1v) is 13.5. The number of hydrogen-bond acceptors (Lipinski definition) is 4. The monoisotopic (exact) mass is 518 g/mol. The minimum Gasteiger partial charge on any atom is -0.340 e. The normalized spacial score (nSPS) is 14.7. The van der Waals surface area contributed by atoms with Gasteiger partial charge in [-0.25, -0.2) is 14.4 Å². The van der Waals surface area contributed by atoms with E-state index in [0.29, 0.717) is 11.5 Å². The Kier molecular flexibility index (Phi) is 6.88. The first-order chi connectivity index (χ1) is 19.1. The number of aromatic amines is 2. The first-order valence-electron chi connectivity index (χ1n) is 13.5. The summed E-state index contributed by atoms with van der Waals surface area (Å²) in [5.41, 5.74) is 7.76. The van der Waals surface area contributed by atoms with Crippen LogP contribution in [0.2, 0.25) is 0 Å². The molecular formula is C32H31FN6. The molecule has 39 heavy (non-hydrogen) atoms. The van der Waals surface area contributed by atoms with E-state index in [1.54, 1.807) is 12.1 Å². The molecule has 0 atom stereocenters. The van der Waals surface area contributed by atoms with Gasteiger partial charge < -0.3 is 4.98 Å². The highest BCUT2D eigenvalue weighted by Gasteiger charge is 2.19. The third kappa shape index (κ3) is 5.17. The van der Waals surface area contributed by atoms with Gasteiger partial charge in [-0.1, -0.05) is 63.0 Å². The van der Waals surface area contributed by atoms with Gasteiger partial charge in [-0.05, 0) is 54.7 Å². The van der Waals surface area contributed by atoms with E-state index < -0.39 is 0 Å². The highest BCUT2D eigenvalue weighted by Crippen LogP contribution is 2.32. The number of nitrogens with zero attached hydrogens (tertiary/aromatic N) is 4. The highest BCUT2D eigenvalue weighted by atomic mass is 19.1. The Hall–Kier alpha value is -4.39. The van der Waals surface area contributed by atoms with Crippen LogP contribution in [0.1, 0.15) is 54.6 Å². The van der Waals surface area contributed by atoms with Gasteiger partial charge in [0.1, 0.15) is 11.5 Å². The van der Waals surface area contributed by atoms with Gasteiger partial charge in [-0.15, -0.1) is 0 Å². The summed E-state index contributed by atoms with van der Waals surface area (Å²) in [5, 5.41) is 8.40. The first kappa shape index (κ1) is 24.9. The van der Waals surface area contributed by atoms with Crippen molar-refractivity contribution >= 4 is 16.6 Å². The fourth-order valence-corrected chi connectivity index (χ4v) is 5.65.